The SMILES string of the molecule is COc1c2c(cc3c1C(=O)C1C(=O)[C@]4(O)C(=O)C(C(N)=O)C(=O)[C@@H](N(C)C)[C@@H]4C[C@@H]1C3)NCCC2. The molecule has 1 aromatic rings. The molecule has 1 heterocycles. The minimum absolute atomic E-state index is 0.0940. The van der Waals surface area contributed by atoms with E-state index in [-0.39, 0.29) is 6.42 Å². The van der Waals surface area contributed by atoms with Gasteiger partial charge in [-0.3, -0.25) is 28.9 Å². The van der Waals surface area contributed by atoms with Gasteiger partial charge in [-0.15, -0.1) is 0 Å². The van der Waals surface area contributed by atoms with Gasteiger partial charge in [0.15, 0.2) is 34.7 Å². The van der Waals surface area contributed by atoms with E-state index in [1.165, 1.54) is 12.0 Å². The van der Waals surface area contributed by atoms with Gasteiger partial charge in [-0.05, 0) is 57.3 Å². The highest BCUT2D eigenvalue weighted by atomic mass is 16.5. The zero-order valence-corrected chi connectivity index (χ0v) is 19.9. The minimum atomic E-state index is -2.65. The van der Waals surface area contributed by atoms with Gasteiger partial charge in [-0.1, -0.05) is 0 Å². The van der Waals surface area contributed by atoms with E-state index in [1.807, 2.05) is 6.07 Å². The van der Waals surface area contributed by atoms with Crippen LogP contribution < -0.4 is 15.8 Å². The summed E-state index contributed by atoms with van der Waals surface area (Å²) in [6.45, 7) is 0.804. The van der Waals surface area contributed by atoms with Crippen molar-refractivity contribution >= 4 is 34.7 Å². The third-order valence-corrected chi connectivity index (χ3v) is 8.26. The fraction of sp³-hybridized carbons (Fsp3) is 0.560. The monoisotopic (exact) mass is 483 g/mol. The summed E-state index contributed by atoms with van der Waals surface area (Å²) in [5.74, 6) is -9.01. The van der Waals surface area contributed by atoms with Gasteiger partial charge in [0.25, 0.3) is 0 Å². The number of aliphatic hydroxyl groups is 1. The quantitative estimate of drug-likeness (QED) is 0.484. The van der Waals surface area contributed by atoms with E-state index < -0.39 is 64.4 Å². The number of carbonyl (C=O) groups excluding carboxylic acids is 5. The first-order valence-electron chi connectivity index (χ1n) is 11.8. The van der Waals surface area contributed by atoms with Gasteiger partial charge in [-0.25, -0.2) is 0 Å². The number of nitrogens with zero attached hydrogens (tertiary/aromatic N) is 1. The van der Waals surface area contributed by atoms with E-state index in [9.17, 15) is 29.1 Å². The second kappa shape index (κ2) is 7.96. The highest BCUT2D eigenvalue weighted by Gasteiger charge is 2.69. The smallest absolute Gasteiger partial charge is 0.235 e. The van der Waals surface area contributed by atoms with Crippen LogP contribution in [0.3, 0.4) is 0 Å². The molecule has 5 rings (SSSR count). The van der Waals surface area contributed by atoms with Crippen LogP contribution in [-0.2, 0) is 32.0 Å². The number of nitrogens with two attached hydrogens (primary N) is 1. The standard InChI is InChI=1S/C25H29N3O7/c1-28(2)18-13-8-10-7-11-9-14-12(5-4-6-27-14)21(35-3)15(11)19(29)16(10)22(31)25(13,34)23(32)17(20(18)30)24(26)33/h9-10,13,16-18,27,34H,4-8H2,1-3H3,(H2,26,33)/t10-,13-,16?,17?,18-,25-/m0/s1. The van der Waals surface area contributed by atoms with Crippen molar-refractivity contribution in [1.82, 2.24) is 4.90 Å². The average molecular weight is 484 g/mol. The summed E-state index contributed by atoms with van der Waals surface area (Å²) in [7, 11) is 4.64. The van der Waals surface area contributed by atoms with E-state index in [2.05, 4.69) is 5.32 Å². The second-order valence-corrected chi connectivity index (χ2v) is 10.3. The number of rotatable bonds is 3. The molecular weight excluding hydrogens is 454 g/mol. The number of carbonyl (C=O) groups is 5. The predicted molar refractivity (Wildman–Crippen MR) is 123 cm³/mol. The number of fused-ring (bicyclic) bond motifs is 4. The molecule has 0 spiro atoms. The van der Waals surface area contributed by atoms with Gasteiger partial charge in [0.1, 0.15) is 5.75 Å². The summed E-state index contributed by atoms with van der Waals surface area (Å²) in [6, 6.07) is 0.853. The first-order chi connectivity index (χ1) is 16.5. The number of methoxy groups -OCH3 is 1. The molecule has 186 valence electrons. The number of benzene rings is 1. The van der Waals surface area contributed by atoms with Gasteiger partial charge in [-0.2, -0.15) is 0 Å². The summed E-state index contributed by atoms with van der Waals surface area (Å²) in [6.07, 6.45) is 2.03. The lowest BCUT2D eigenvalue weighted by Crippen LogP contribution is -2.74. The molecule has 1 aromatic carbocycles. The molecule has 1 amide bonds. The zero-order valence-electron chi connectivity index (χ0n) is 19.9. The van der Waals surface area contributed by atoms with Crippen LogP contribution in [0.2, 0.25) is 0 Å². The van der Waals surface area contributed by atoms with Crippen LogP contribution in [0.1, 0.15) is 34.3 Å². The molecule has 3 aliphatic carbocycles. The minimum Gasteiger partial charge on any atom is -0.496 e. The number of nitrogens with one attached hydrogen (secondary N) is 1. The summed E-state index contributed by atoms with van der Waals surface area (Å²) >= 11 is 0. The van der Waals surface area contributed by atoms with E-state index in [1.54, 1.807) is 14.1 Å². The van der Waals surface area contributed by atoms with E-state index >= 15 is 0 Å². The number of Topliss-reactive ketones (excluding diaryl/α,β-unsaturated/α-hetero) is 4. The Bertz CT molecular complexity index is 1190. The number of amides is 1. The van der Waals surface area contributed by atoms with Crippen LogP contribution in [0, 0.1) is 23.7 Å². The lowest BCUT2D eigenvalue weighted by atomic mass is 9.52. The zero-order chi connectivity index (χ0) is 25.4. The molecule has 10 nitrogen and oxygen atoms in total. The fourth-order valence-corrected chi connectivity index (χ4v) is 6.81. The number of hydrogen-bond donors (Lipinski definition) is 3. The highest BCUT2D eigenvalue weighted by Crippen LogP contribution is 2.51. The summed E-state index contributed by atoms with van der Waals surface area (Å²) in [5.41, 5.74) is 5.51. The molecule has 0 bridgehead atoms. The molecule has 0 radical (unpaired) electrons. The Morgan fingerprint density at radius 2 is 1.94 bits per heavy atom. The van der Waals surface area contributed by atoms with Crippen LogP contribution in [-0.4, -0.2) is 78.4 Å². The number of anilines is 1. The maximum atomic E-state index is 13.9. The van der Waals surface area contributed by atoms with E-state index in [4.69, 9.17) is 10.5 Å². The maximum Gasteiger partial charge on any atom is 0.235 e. The number of ether oxygens (including phenoxy) is 1. The predicted octanol–water partition coefficient (Wildman–Crippen LogP) is -0.472. The van der Waals surface area contributed by atoms with Gasteiger partial charge in [0, 0.05) is 23.7 Å². The van der Waals surface area contributed by atoms with Crippen molar-refractivity contribution < 1.29 is 33.8 Å². The van der Waals surface area contributed by atoms with Gasteiger partial charge >= 0.3 is 0 Å². The van der Waals surface area contributed by atoms with Crippen LogP contribution in [0.5, 0.6) is 5.75 Å². The number of likely N-dealkylation sites (N-methyl/N-ethyl adjacent to an activating group) is 1. The van der Waals surface area contributed by atoms with Crippen LogP contribution in [0.4, 0.5) is 5.69 Å². The molecule has 0 aromatic heterocycles. The molecular formula is C25H29N3O7. The maximum absolute atomic E-state index is 13.9. The average Bonchev–Trinajstić information content (AvgIpc) is 2.79. The first kappa shape index (κ1) is 23.6. The number of hydrogen-bond acceptors (Lipinski definition) is 9. The molecule has 0 saturated heterocycles. The molecule has 10 heteroatoms. The van der Waals surface area contributed by atoms with E-state index in [0.29, 0.717) is 24.2 Å². The van der Waals surface area contributed by atoms with Crippen molar-refractivity contribution in [3.63, 3.8) is 0 Å². The Morgan fingerprint density at radius 3 is 2.57 bits per heavy atom. The largest absolute Gasteiger partial charge is 0.496 e. The number of primary amides is 1. The van der Waals surface area contributed by atoms with E-state index in [0.717, 1.165) is 29.8 Å². The van der Waals surface area contributed by atoms with Gasteiger partial charge in [0.2, 0.25) is 5.91 Å². The molecule has 35 heavy (non-hydrogen) atoms. The fourth-order valence-electron chi connectivity index (χ4n) is 6.81. The van der Waals surface area contributed by atoms with Crippen molar-refractivity contribution in [1.29, 1.82) is 0 Å². The molecule has 2 fully saturated rings. The Hall–Kier alpha value is -3.11. The Balaban J connectivity index is 1.65. The normalized spacial score (nSPS) is 33.9. The first-order valence-corrected chi connectivity index (χ1v) is 11.8. The molecule has 2 saturated carbocycles. The van der Waals surface area contributed by atoms with Crippen molar-refractivity contribution in [2.75, 3.05) is 33.1 Å². The van der Waals surface area contributed by atoms with Crippen molar-refractivity contribution in [2.45, 2.75) is 37.3 Å². The Kier molecular flexibility index (Phi) is 5.37. The molecule has 4 N–H and O–H groups in total. The van der Waals surface area contributed by atoms with Crippen LogP contribution in [0.25, 0.3) is 0 Å². The third-order valence-electron chi connectivity index (χ3n) is 8.26. The lowest BCUT2D eigenvalue weighted by molar-refractivity contribution is -0.181. The van der Waals surface area contributed by atoms with Gasteiger partial charge in [0.05, 0.1) is 24.6 Å². The third kappa shape index (κ3) is 3.05. The lowest BCUT2D eigenvalue weighted by Gasteiger charge is -2.52. The molecule has 1 aliphatic heterocycles. The summed E-state index contributed by atoms with van der Waals surface area (Å²) in [5, 5.41) is 15.0. The molecule has 6 atom stereocenters. The van der Waals surface area contributed by atoms with Crippen molar-refractivity contribution in [3.05, 3.63) is 22.8 Å². The topological polar surface area (TPSA) is 156 Å². The Morgan fingerprint density at radius 1 is 1.23 bits per heavy atom. The highest BCUT2D eigenvalue weighted by molar-refractivity contribution is 6.32. The van der Waals surface area contributed by atoms with Crippen LogP contribution >= 0.6 is 0 Å². The van der Waals surface area contributed by atoms with Gasteiger partial charge < -0.3 is 20.9 Å². The van der Waals surface area contributed by atoms with Crippen molar-refractivity contribution in [2.24, 2.45) is 29.4 Å². The Labute approximate surface area is 202 Å². The number of ketones is 4. The van der Waals surface area contributed by atoms with Crippen molar-refractivity contribution in [3.8, 4) is 5.75 Å². The van der Waals surface area contributed by atoms with Crippen LogP contribution in [0.15, 0.2) is 6.07 Å². The summed E-state index contributed by atoms with van der Waals surface area (Å²) in [4.78, 5) is 67.6. The molecule has 2 unspecified atom stereocenters. The molecule has 4 aliphatic rings. The summed E-state index contributed by atoms with van der Waals surface area (Å²) < 4.78 is 5.65. The second-order valence-electron chi connectivity index (χ2n) is 10.3.